The van der Waals surface area contributed by atoms with Gasteiger partial charge < -0.3 is 18.3 Å². The Hall–Kier alpha value is -0.506. The third kappa shape index (κ3) is 11.2. The first-order valence-electron chi connectivity index (χ1n) is 13.3. The Balaban J connectivity index is 2.73. The predicted octanol–water partition coefficient (Wildman–Crippen LogP) is 8.43. The number of hydrogen-bond acceptors (Lipinski definition) is 4. The molecule has 0 fully saturated rings. The highest BCUT2D eigenvalue weighted by Gasteiger charge is 2.39. The SMILES string of the molecule is C=C(C)C[C@H](CO[Si](C)(C)C(C)(C)C)O[C@@H]1C=C[C@H](O[C@@H](CO[Si](C)(C)C(C)(C)C)CC(=C)C)C1. The molecule has 0 N–H and O–H groups in total. The predicted molar refractivity (Wildman–Crippen MR) is 156 cm³/mol. The molecule has 0 aromatic rings. The lowest BCUT2D eigenvalue weighted by Crippen LogP contribution is -2.43. The zero-order valence-electron chi connectivity index (χ0n) is 25.0. The maximum Gasteiger partial charge on any atom is 0.192 e. The van der Waals surface area contributed by atoms with Crippen molar-refractivity contribution < 1.29 is 18.3 Å². The smallest absolute Gasteiger partial charge is 0.192 e. The van der Waals surface area contributed by atoms with Crippen LogP contribution in [-0.4, -0.2) is 54.3 Å². The second-order valence-corrected chi connectivity index (χ2v) is 23.3. The van der Waals surface area contributed by atoms with Crippen molar-refractivity contribution in [2.45, 2.75) is 135 Å². The van der Waals surface area contributed by atoms with E-state index in [-0.39, 0.29) is 34.5 Å². The monoisotopic (exact) mass is 524 g/mol. The summed E-state index contributed by atoms with van der Waals surface area (Å²) in [5.74, 6) is 0. The Bertz CT molecular complexity index is 668. The summed E-state index contributed by atoms with van der Waals surface area (Å²) in [7, 11) is -3.67. The zero-order chi connectivity index (χ0) is 27.2. The summed E-state index contributed by atoms with van der Waals surface area (Å²) >= 11 is 0. The molecule has 1 aliphatic carbocycles. The van der Waals surface area contributed by atoms with Crippen LogP contribution >= 0.6 is 0 Å². The van der Waals surface area contributed by atoms with Crippen molar-refractivity contribution in [1.82, 2.24) is 0 Å². The van der Waals surface area contributed by atoms with Gasteiger partial charge in [0, 0.05) is 6.42 Å². The second kappa shape index (κ2) is 12.8. The van der Waals surface area contributed by atoms with Crippen molar-refractivity contribution in [3.05, 3.63) is 36.5 Å². The highest BCUT2D eigenvalue weighted by atomic mass is 28.4. The molecule has 0 spiro atoms. The second-order valence-electron chi connectivity index (χ2n) is 13.7. The Labute approximate surface area is 219 Å². The largest absolute Gasteiger partial charge is 0.414 e. The van der Waals surface area contributed by atoms with Crippen molar-refractivity contribution in [3.63, 3.8) is 0 Å². The third-order valence-corrected chi connectivity index (χ3v) is 16.8. The summed E-state index contributed by atoms with van der Waals surface area (Å²) in [6.45, 7) is 36.3. The van der Waals surface area contributed by atoms with Gasteiger partial charge in [0.05, 0.1) is 37.6 Å². The molecule has 0 aromatic carbocycles. The van der Waals surface area contributed by atoms with E-state index in [1.807, 2.05) is 0 Å². The minimum atomic E-state index is -1.84. The fourth-order valence-corrected chi connectivity index (χ4v) is 5.51. The molecule has 0 bridgehead atoms. The molecule has 0 unspecified atom stereocenters. The van der Waals surface area contributed by atoms with Crippen molar-refractivity contribution in [2.24, 2.45) is 0 Å². The summed E-state index contributed by atoms with van der Waals surface area (Å²) < 4.78 is 26.0. The average Bonchev–Trinajstić information content (AvgIpc) is 3.08. The summed E-state index contributed by atoms with van der Waals surface area (Å²) in [5.41, 5.74) is 2.24. The van der Waals surface area contributed by atoms with Gasteiger partial charge in [-0.15, -0.1) is 13.2 Å². The van der Waals surface area contributed by atoms with E-state index in [1.54, 1.807) is 0 Å². The maximum atomic E-state index is 6.51. The number of hydrogen-bond donors (Lipinski definition) is 0. The van der Waals surface area contributed by atoms with Crippen molar-refractivity contribution >= 4 is 16.6 Å². The van der Waals surface area contributed by atoms with Gasteiger partial charge in [-0.25, -0.2) is 0 Å². The van der Waals surface area contributed by atoms with Gasteiger partial charge in [0.1, 0.15) is 0 Å². The van der Waals surface area contributed by atoms with E-state index < -0.39 is 16.6 Å². The van der Waals surface area contributed by atoms with Crippen LogP contribution < -0.4 is 0 Å². The fourth-order valence-electron chi connectivity index (χ4n) is 3.44. The molecular weight excluding hydrogens is 468 g/mol. The van der Waals surface area contributed by atoms with Gasteiger partial charge in [0.2, 0.25) is 0 Å². The van der Waals surface area contributed by atoms with E-state index in [9.17, 15) is 0 Å². The van der Waals surface area contributed by atoms with E-state index in [0.717, 1.165) is 30.4 Å². The minimum absolute atomic E-state index is 0.00293. The molecule has 0 saturated carbocycles. The molecule has 35 heavy (non-hydrogen) atoms. The van der Waals surface area contributed by atoms with Gasteiger partial charge in [-0.3, -0.25) is 0 Å². The van der Waals surface area contributed by atoms with Crippen LogP contribution in [0.25, 0.3) is 0 Å². The molecular formula is C29H56O4Si2. The van der Waals surface area contributed by atoms with Gasteiger partial charge in [-0.2, -0.15) is 0 Å². The van der Waals surface area contributed by atoms with Gasteiger partial charge in [0.15, 0.2) is 16.6 Å². The first-order valence-corrected chi connectivity index (χ1v) is 19.1. The Morgan fingerprint density at radius 2 is 1.06 bits per heavy atom. The van der Waals surface area contributed by atoms with Crippen LogP contribution in [0.4, 0.5) is 0 Å². The Morgan fingerprint density at radius 1 is 0.743 bits per heavy atom. The molecule has 4 atom stereocenters. The number of ether oxygens (including phenoxy) is 2. The van der Waals surface area contributed by atoms with Crippen LogP contribution in [0.5, 0.6) is 0 Å². The van der Waals surface area contributed by atoms with Gasteiger partial charge >= 0.3 is 0 Å². The lowest BCUT2D eigenvalue weighted by Gasteiger charge is -2.38. The quantitative estimate of drug-likeness (QED) is 0.169. The van der Waals surface area contributed by atoms with Gasteiger partial charge in [-0.1, -0.05) is 64.8 Å². The lowest BCUT2D eigenvalue weighted by atomic mass is 10.1. The summed E-state index contributed by atoms with van der Waals surface area (Å²) in [6.07, 6.45) is 6.79. The molecule has 0 heterocycles. The highest BCUT2D eigenvalue weighted by Crippen LogP contribution is 2.38. The van der Waals surface area contributed by atoms with E-state index in [0.29, 0.717) is 13.2 Å². The van der Waals surface area contributed by atoms with Crippen molar-refractivity contribution in [3.8, 4) is 0 Å². The van der Waals surface area contributed by atoms with Crippen molar-refractivity contribution in [1.29, 1.82) is 0 Å². The van der Waals surface area contributed by atoms with Crippen LogP contribution in [0.3, 0.4) is 0 Å². The van der Waals surface area contributed by atoms with Crippen molar-refractivity contribution in [2.75, 3.05) is 13.2 Å². The molecule has 6 heteroatoms. The van der Waals surface area contributed by atoms with Crippen LogP contribution in [0, 0.1) is 0 Å². The van der Waals surface area contributed by atoms with Crippen LogP contribution in [0.2, 0.25) is 36.3 Å². The fraction of sp³-hybridized carbons (Fsp3) is 0.793. The first-order chi connectivity index (χ1) is 15.7. The molecule has 1 aliphatic rings. The van der Waals surface area contributed by atoms with Gasteiger partial charge in [-0.05, 0) is 63.0 Å². The molecule has 1 rings (SSSR count). The van der Waals surface area contributed by atoms with E-state index >= 15 is 0 Å². The molecule has 204 valence electrons. The summed E-state index contributed by atoms with van der Waals surface area (Å²) in [5, 5.41) is 0.357. The molecule has 0 aromatic heterocycles. The summed E-state index contributed by atoms with van der Waals surface area (Å²) in [6, 6.07) is 0. The third-order valence-electron chi connectivity index (χ3n) is 7.76. The van der Waals surface area contributed by atoms with E-state index in [1.165, 1.54) is 0 Å². The van der Waals surface area contributed by atoms with Crippen LogP contribution in [0.15, 0.2) is 36.5 Å². The molecule has 0 saturated heterocycles. The van der Waals surface area contributed by atoms with Crippen LogP contribution in [0.1, 0.15) is 74.7 Å². The topological polar surface area (TPSA) is 36.9 Å². The molecule has 0 aliphatic heterocycles. The van der Waals surface area contributed by atoms with Crippen LogP contribution in [-0.2, 0) is 18.3 Å². The molecule has 0 amide bonds. The van der Waals surface area contributed by atoms with E-state index in [2.05, 4.69) is 107 Å². The summed E-state index contributed by atoms with van der Waals surface area (Å²) in [4.78, 5) is 0. The standard InChI is InChI=1S/C29H56O4Si2/c1-22(2)17-26(20-30-34(11,12)28(5,6)7)32-24-15-16-25(19-24)33-27(18-23(3)4)21-31-35(13,14)29(8,9)10/h15-16,24-27H,1,3,17-21H2,2,4-14H3/t24-,25+,26-,27-/m1/s1. The maximum absolute atomic E-state index is 6.51. The Morgan fingerprint density at radius 3 is 1.31 bits per heavy atom. The normalized spacial score (nSPS) is 21.3. The van der Waals surface area contributed by atoms with Gasteiger partial charge in [0.25, 0.3) is 0 Å². The zero-order valence-corrected chi connectivity index (χ0v) is 27.0. The lowest BCUT2D eigenvalue weighted by molar-refractivity contribution is -0.0515. The molecule has 0 radical (unpaired) electrons. The molecule has 4 nitrogen and oxygen atoms in total. The van der Waals surface area contributed by atoms with E-state index in [4.69, 9.17) is 18.3 Å². The highest BCUT2D eigenvalue weighted by molar-refractivity contribution is 6.74. The first kappa shape index (κ1) is 32.5. The minimum Gasteiger partial charge on any atom is -0.414 e. The Kier molecular flexibility index (Phi) is 11.9. The number of rotatable bonds is 14. The average molecular weight is 525 g/mol.